The van der Waals surface area contributed by atoms with Crippen LogP contribution in [0.5, 0.6) is 0 Å². The average molecular weight is 286 g/mol. The van der Waals surface area contributed by atoms with Crippen molar-refractivity contribution in [2.24, 2.45) is 0 Å². The van der Waals surface area contributed by atoms with Crippen molar-refractivity contribution in [2.45, 2.75) is 13.3 Å². The number of halogens is 1. The van der Waals surface area contributed by atoms with Crippen molar-refractivity contribution in [1.82, 2.24) is 4.98 Å². The quantitative estimate of drug-likeness (QED) is 0.389. The van der Waals surface area contributed by atoms with E-state index >= 15 is 0 Å². The summed E-state index contributed by atoms with van der Waals surface area (Å²) in [6.45, 7) is 2.04. The van der Waals surface area contributed by atoms with E-state index < -0.39 is 10.9 Å². The molecule has 2 bridgehead atoms. The van der Waals surface area contributed by atoms with Gasteiger partial charge in [-0.3, -0.25) is 20.3 Å². The van der Waals surface area contributed by atoms with E-state index in [9.17, 15) is 14.9 Å². The summed E-state index contributed by atoms with van der Waals surface area (Å²) < 4.78 is 4.49. The Morgan fingerprint density at radius 3 is 2.58 bits per heavy atom. The predicted octanol–water partition coefficient (Wildman–Crippen LogP) is 2.67. The van der Waals surface area contributed by atoms with Gasteiger partial charge in [-0.05, 0) is 19.1 Å². The van der Waals surface area contributed by atoms with Crippen LogP contribution < -0.4 is 0 Å². The van der Waals surface area contributed by atoms with E-state index in [2.05, 4.69) is 9.72 Å². The molecule has 0 aromatic carbocycles. The molecule has 0 saturated carbocycles. The van der Waals surface area contributed by atoms with Gasteiger partial charge in [0, 0.05) is 11.6 Å². The van der Waals surface area contributed by atoms with Crippen LogP contribution in [-0.2, 0) is 9.53 Å². The number of esters is 1. The Hall–Kier alpha value is -2.15. The third-order valence-corrected chi connectivity index (χ3v) is 2.21. The second-order valence-corrected chi connectivity index (χ2v) is 3.96. The van der Waals surface area contributed by atoms with Crippen molar-refractivity contribution in [2.75, 3.05) is 6.61 Å². The Morgan fingerprint density at radius 1 is 1.58 bits per heavy atom. The fraction of sp³-hybridized carbons (Fsp3) is 0.273. The molecule has 0 saturated heterocycles. The summed E-state index contributed by atoms with van der Waals surface area (Å²) >= 11 is 5.09. The van der Waals surface area contributed by atoms with E-state index in [1.807, 2.05) is 6.07 Å². The molecular weight excluding hydrogens is 274 g/mol. The van der Waals surface area contributed by atoms with E-state index in [1.54, 1.807) is 13.0 Å². The molecule has 0 fully saturated rings. The van der Waals surface area contributed by atoms with Crippen LogP contribution in [0.15, 0.2) is 18.2 Å². The van der Waals surface area contributed by atoms with Gasteiger partial charge in [0.2, 0.25) is 0 Å². The second kappa shape index (κ2) is 6.69. The number of non-ortho nitro benzene ring substituents is 1. The highest BCUT2D eigenvalue weighted by Gasteiger charge is 2.13. The van der Waals surface area contributed by atoms with Gasteiger partial charge in [0.05, 0.1) is 18.0 Å². The van der Waals surface area contributed by atoms with Crippen LogP contribution in [0.1, 0.15) is 13.3 Å². The Bertz CT molecular complexity index is 581. The van der Waals surface area contributed by atoms with Crippen LogP contribution >= 0.6 is 11.6 Å². The van der Waals surface area contributed by atoms with E-state index in [4.69, 9.17) is 17.0 Å². The van der Waals surface area contributed by atoms with Gasteiger partial charge in [-0.2, -0.15) is 0 Å². The Morgan fingerprint density at radius 2 is 2.26 bits per heavy atom. The van der Waals surface area contributed by atoms with Crippen LogP contribution in [0, 0.1) is 15.5 Å². The smallest absolute Gasteiger partial charge is 0.312 e. The number of aromatic amines is 1. The van der Waals surface area contributed by atoms with Crippen LogP contribution in [0.2, 0.25) is 0 Å². The molecule has 2 rings (SSSR count). The van der Waals surface area contributed by atoms with Crippen molar-refractivity contribution in [3.63, 3.8) is 0 Å². The number of nitro groups is 1. The number of carbonyl (C=O) groups is 1. The lowest BCUT2D eigenvalue weighted by molar-refractivity contribution is -0.383. The molecule has 2 aromatic heterocycles. The van der Waals surface area contributed by atoms with Crippen molar-refractivity contribution >= 4 is 39.5 Å². The van der Waals surface area contributed by atoms with Gasteiger partial charge in [0.15, 0.2) is 0 Å². The zero-order valence-electron chi connectivity index (χ0n) is 10.1. The molecule has 2 heterocycles. The van der Waals surface area contributed by atoms with Gasteiger partial charge in [-0.15, -0.1) is 0 Å². The van der Waals surface area contributed by atoms with Crippen molar-refractivity contribution in [3.05, 3.63) is 28.3 Å². The third kappa shape index (κ3) is 4.55. The Balaban J connectivity index is 0.000000192. The molecule has 0 atom stereocenters. The Labute approximate surface area is 113 Å². The number of nitro benzene ring substituents is 1. The minimum atomic E-state index is -0.447. The molecule has 7 nitrogen and oxygen atoms in total. The summed E-state index contributed by atoms with van der Waals surface area (Å²) in [5.41, 5.74) is 1.57. The molecule has 2 aromatic rings. The second-order valence-electron chi connectivity index (χ2n) is 3.50. The largest absolute Gasteiger partial charge is 0.466 e. The molecule has 0 aliphatic heterocycles. The van der Waals surface area contributed by atoms with E-state index in [-0.39, 0.29) is 17.3 Å². The number of nitrogens with zero attached hydrogens (tertiary/aromatic N) is 1. The first-order chi connectivity index (χ1) is 8.93. The predicted molar refractivity (Wildman–Crippen MR) is 71.0 cm³/mol. The van der Waals surface area contributed by atoms with E-state index in [1.165, 1.54) is 6.07 Å². The standard InChI is InChI=1S/C6H4N2O2.C5H8ClNO2/c9-8(10)6-3-4-1-2-5(6)7-4;1-2-9-5(8)3-4(6)7/h1-3,7H;7H,2-3H2,1H3. The van der Waals surface area contributed by atoms with Crippen LogP contribution in [0.25, 0.3) is 11.0 Å². The third-order valence-electron chi connectivity index (χ3n) is 2.08. The van der Waals surface area contributed by atoms with E-state index in [0.29, 0.717) is 12.1 Å². The van der Waals surface area contributed by atoms with Crippen molar-refractivity contribution in [3.8, 4) is 0 Å². The molecule has 0 aliphatic rings. The van der Waals surface area contributed by atoms with Crippen LogP contribution in [-0.4, -0.2) is 27.7 Å². The lowest BCUT2D eigenvalue weighted by Crippen LogP contribution is -2.06. The Kier molecular flexibility index (Phi) is 5.25. The number of aromatic nitrogens is 1. The van der Waals surface area contributed by atoms with Crippen LogP contribution in [0.4, 0.5) is 5.69 Å². The number of hydrogen-bond acceptors (Lipinski definition) is 5. The molecule has 0 unspecified atom stereocenters. The maximum atomic E-state index is 10.4. The number of carbonyl (C=O) groups excluding carboxylic acids is 1. The molecule has 0 spiro atoms. The van der Waals surface area contributed by atoms with Gasteiger partial charge in [0.25, 0.3) is 5.69 Å². The summed E-state index contributed by atoms with van der Waals surface area (Å²) in [4.78, 5) is 23.1. The van der Waals surface area contributed by atoms with Gasteiger partial charge < -0.3 is 9.72 Å². The highest BCUT2D eigenvalue weighted by atomic mass is 35.5. The summed E-state index contributed by atoms with van der Waals surface area (Å²) in [7, 11) is 0. The first kappa shape index (κ1) is 14.9. The summed E-state index contributed by atoms with van der Waals surface area (Å²) in [5.74, 6) is -0.447. The first-order valence-electron chi connectivity index (χ1n) is 5.38. The summed E-state index contributed by atoms with van der Waals surface area (Å²) in [5, 5.41) is 16.7. The first-order valence-corrected chi connectivity index (χ1v) is 5.75. The molecule has 19 heavy (non-hydrogen) atoms. The fourth-order valence-electron chi connectivity index (χ4n) is 1.36. The summed E-state index contributed by atoms with van der Waals surface area (Å²) in [6, 6.07) is 5.03. The normalized spacial score (nSPS) is 9.79. The van der Waals surface area contributed by atoms with Crippen LogP contribution in [0.3, 0.4) is 0 Å². The SMILES string of the molecule is CCOC(=O)CC(=N)Cl.O=[N+]([O-])c1cc2ccc1[nH]2. The highest BCUT2D eigenvalue weighted by Crippen LogP contribution is 2.24. The number of benzene rings is 1. The molecule has 2 N–H and O–H groups in total. The van der Waals surface area contributed by atoms with Crippen molar-refractivity contribution in [1.29, 1.82) is 5.41 Å². The van der Waals surface area contributed by atoms with Gasteiger partial charge in [-0.25, -0.2) is 0 Å². The lowest BCUT2D eigenvalue weighted by Gasteiger charge is -1.96. The van der Waals surface area contributed by atoms with E-state index in [0.717, 1.165) is 5.52 Å². The maximum absolute atomic E-state index is 10.4. The number of ether oxygens (including phenoxy) is 1. The number of H-pyrrole nitrogens is 1. The molecule has 102 valence electrons. The number of nitrogens with one attached hydrogen (secondary N) is 2. The minimum absolute atomic E-state index is 0.116. The lowest BCUT2D eigenvalue weighted by atomic mass is 10.3. The number of fused-ring (bicyclic) bond motifs is 2. The maximum Gasteiger partial charge on any atom is 0.312 e. The fourth-order valence-corrected chi connectivity index (χ4v) is 1.47. The highest BCUT2D eigenvalue weighted by molar-refractivity contribution is 6.65. The van der Waals surface area contributed by atoms with Crippen molar-refractivity contribution < 1.29 is 14.5 Å². The van der Waals surface area contributed by atoms with Gasteiger partial charge in [0.1, 0.15) is 10.7 Å². The topological polar surface area (TPSA) is 109 Å². The molecule has 0 radical (unpaired) electrons. The zero-order valence-corrected chi connectivity index (χ0v) is 10.9. The summed E-state index contributed by atoms with van der Waals surface area (Å²) in [6.07, 6.45) is -0.116. The molecular formula is C11H12ClN3O4. The zero-order chi connectivity index (χ0) is 14.4. The monoisotopic (exact) mass is 285 g/mol. The minimum Gasteiger partial charge on any atom is -0.466 e. The number of hydrogen-bond donors (Lipinski definition) is 2. The number of rotatable bonds is 4. The molecule has 0 aliphatic carbocycles. The molecule has 0 amide bonds. The average Bonchev–Trinajstić information content (AvgIpc) is 2.90. The molecule has 8 heteroatoms. The van der Waals surface area contributed by atoms with Gasteiger partial charge in [-0.1, -0.05) is 11.6 Å². The van der Waals surface area contributed by atoms with Gasteiger partial charge >= 0.3 is 5.97 Å².